The number of halogens is 1. The van der Waals surface area contributed by atoms with E-state index in [9.17, 15) is 20.0 Å². The van der Waals surface area contributed by atoms with Crippen LogP contribution in [-0.4, -0.2) is 39.5 Å². The zero-order chi connectivity index (χ0) is 27.2. The van der Waals surface area contributed by atoms with Crippen molar-refractivity contribution in [3.05, 3.63) is 76.9 Å². The molecule has 38 heavy (non-hydrogen) atoms. The van der Waals surface area contributed by atoms with E-state index in [2.05, 4.69) is 16.0 Å². The van der Waals surface area contributed by atoms with E-state index >= 15 is 0 Å². The molecule has 0 radical (unpaired) electrons. The highest BCUT2D eigenvalue weighted by atomic mass is 32.2. The maximum atomic E-state index is 13.6. The number of anilines is 1. The standard InChI is InChI=1S/C27H22FN5O4S/c1-15-23(32-26(37-15)17-3-2-4-18(28)9-17)14-38-27-22(11-30)24(21(10-29)25(31)33-27)16-5-7-20(8-6-16)36-13-19(35)12-34/h2-9,19,34-35H,12-14H2,1H3,(H2,31,33)/t19-/m0/s1. The molecule has 2 heterocycles. The second-order valence-corrected chi connectivity index (χ2v) is 9.11. The van der Waals surface area contributed by atoms with Gasteiger partial charge in [0.15, 0.2) is 0 Å². The number of nitrogens with zero attached hydrogens (tertiary/aromatic N) is 4. The Morgan fingerprint density at radius 1 is 1.11 bits per heavy atom. The van der Waals surface area contributed by atoms with Gasteiger partial charge >= 0.3 is 0 Å². The monoisotopic (exact) mass is 531 g/mol. The number of nitrogens with two attached hydrogens (primary N) is 1. The fourth-order valence-corrected chi connectivity index (χ4v) is 4.59. The molecule has 4 N–H and O–H groups in total. The topological polar surface area (TPSA) is 162 Å². The third-order valence-corrected chi connectivity index (χ3v) is 6.51. The van der Waals surface area contributed by atoms with Gasteiger partial charge in [-0.2, -0.15) is 10.5 Å². The molecule has 0 bridgehead atoms. The van der Waals surface area contributed by atoms with Crippen molar-refractivity contribution in [1.29, 1.82) is 10.5 Å². The lowest BCUT2D eigenvalue weighted by molar-refractivity contribution is 0.0536. The lowest BCUT2D eigenvalue weighted by Crippen LogP contribution is -2.21. The highest BCUT2D eigenvalue weighted by Crippen LogP contribution is 2.37. The fraction of sp³-hybridized carbons (Fsp3) is 0.185. The van der Waals surface area contributed by atoms with Crippen molar-refractivity contribution in [2.45, 2.75) is 23.8 Å². The maximum Gasteiger partial charge on any atom is 0.226 e. The van der Waals surface area contributed by atoms with Gasteiger partial charge in [-0.05, 0) is 42.8 Å². The molecule has 192 valence electrons. The number of rotatable bonds is 9. The number of hydrogen-bond acceptors (Lipinski definition) is 10. The van der Waals surface area contributed by atoms with Crippen LogP contribution in [0.2, 0.25) is 0 Å². The number of thioether (sulfide) groups is 1. The van der Waals surface area contributed by atoms with Gasteiger partial charge in [-0.15, -0.1) is 0 Å². The molecule has 0 saturated heterocycles. The highest BCUT2D eigenvalue weighted by molar-refractivity contribution is 7.98. The third kappa shape index (κ3) is 5.76. The van der Waals surface area contributed by atoms with Crippen molar-refractivity contribution in [1.82, 2.24) is 9.97 Å². The zero-order valence-electron chi connectivity index (χ0n) is 20.2. The van der Waals surface area contributed by atoms with Crippen LogP contribution in [0.3, 0.4) is 0 Å². The van der Waals surface area contributed by atoms with E-state index < -0.39 is 18.5 Å². The molecule has 0 aliphatic rings. The van der Waals surface area contributed by atoms with Gasteiger partial charge in [0, 0.05) is 16.9 Å². The number of nitrogen functional groups attached to an aromatic ring is 1. The minimum absolute atomic E-state index is 0.0206. The predicted octanol–water partition coefficient (Wildman–Crippen LogP) is 4.20. The SMILES string of the molecule is Cc1oc(-c2cccc(F)c2)nc1CSc1nc(N)c(C#N)c(-c2ccc(OC[C@@H](O)CO)cc2)c1C#N. The third-order valence-electron chi connectivity index (χ3n) is 5.52. The summed E-state index contributed by atoms with van der Waals surface area (Å²) < 4.78 is 24.8. The summed E-state index contributed by atoms with van der Waals surface area (Å²) in [4.78, 5) is 8.79. The van der Waals surface area contributed by atoms with Crippen LogP contribution in [0.5, 0.6) is 5.75 Å². The average molecular weight is 532 g/mol. The van der Waals surface area contributed by atoms with Gasteiger partial charge in [-0.25, -0.2) is 14.4 Å². The molecule has 4 aromatic rings. The number of hydrogen-bond donors (Lipinski definition) is 3. The molecule has 0 amide bonds. The smallest absolute Gasteiger partial charge is 0.226 e. The van der Waals surface area contributed by atoms with Crippen molar-refractivity contribution in [3.8, 4) is 40.5 Å². The summed E-state index contributed by atoms with van der Waals surface area (Å²) in [5.74, 6) is 1.12. The summed E-state index contributed by atoms with van der Waals surface area (Å²) in [6.07, 6.45) is -1.01. The molecule has 2 aromatic heterocycles. The van der Waals surface area contributed by atoms with E-state index in [0.29, 0.717) is 38.9 Å². The Bertz CT molecular complexity index is 1540. The van der Waals surface area contributed by atoms with Crippen molar-refractivity contribution >= 4 is 17.6 Å². The highest BCUT2D eigenvalue weighted by Gasteiger charge is 2.22. The van der Waals surface area contributed by atoms with Crippen LogP contribution in [0, 0.1) is 35.4 Å². The molecule has 0 fully saturated rings. The Hall–Kier alpha value is -4.42. The van der Waals surface area contributed by atoms with Crippen LogP contribution in [0.4, 0.5) is 10.2 Å². The molecule has 0 aliphatic carbocycles. The van der Waals surface area contributed by atoms with E-state index in [-0.39, 0.29) is 35.2 Å². The second-order valence-electron chi connectivity index (χ2n) is 8.14. The van der Waals surface area contributed by atoms with E-state index in [1.165, 1.54) is 23.9 Å². The molecule has 1 atom stereocenters. The molecular weight excluding hydrogens is 509 g/mol. The minimum Gasteiger partial charge on any atom is -0.491 e. The number of aryl methyl sites for hydroxylation is 1. The Balaban J connectivity index is 1.63. The Labute approximate surface area is 222 Å². The normalized spacial score (nSPS) is 11.5. The molecule has 0 spiro atoms. The first kappa shape index (κ1) is 26.6. The Morgan fingerprint density at radius 2 is 1.84 bits per heavy atom. The average Bonchev–Trinajstić information content (AvgIpc) is 3.30. The lowest BCUT2D eigenvalue weighted by atomic mass is 9.97. The van der Waals surface area contributed by atoms with Gasteiger partial charge in [-0.3, -0.25) is 0 Å². The largest absolute Gasteiger partial charge is 0.491 e. The molecule has 0 aliphatic heterocycles. The first-order valence-corrected chi connectivity index (χ1v) is 12.3. The van der Waals surface area contributed by atoms with Crippen LogP contribution in [0.25, 0.3) is 22.6 Å². The Kier molecular flexibility index (Phi) is 8.24. The Morgan fingerprint density at radius 3 is 2.50 bits per heavy atom. The molecule has 11 heteroatoms. The molecule has 2 aromatic carbocycles. The summed E-state index contributed by atoms with van der Waals surface area (Å²) in [6.45, 7) is 1.23. The molecular formula is C27H22FN5O4S. The quantitative estimate of drug-likeness (QED) is 0.267. The number of aliphatic hydroxyl groups excluding tert-OH is 2. The van der Waals surface area contributed by atoms with E-state index in [4.69, 9.17) is 20.0 Å². The first-order valence-electron chi connectivity index (χ1n) is 11.4. The summed E-state index contributed by atoms with van der Waals surface area (Å²) in [5.41, 5.74) is 8.34. The van der Waals surface area contributed by atoms with Gasteiger partial charge < -0.3 is 25.1 Å². The number of nitriles is 2. The fourth-order valence-electron chi connectivity index (χ4n) is 3.60. The summed E-state index contributed by atoms with van der Waals surface area (Å²) >= 11 is 1.21. The number of benzene rings is 2. The second kappa shape index (κ2) is 11.8. The minimum atomic E-state index is -1.01. The van der Waals surface area contributed by atoms with Crippen molar-refractivity contribution in [2.75, 3.05) is 18.9 Å². The molecule has 9 nitrogen and oxygen atoms in total. The number of oxazole rings is 1. The lowest BCUT2D eigenvalue weighted by Gasteiger charge is -2.14. The molecule has 0 unspecified atom stereocenters. The first-order chi connectivity index (χ1) is 18.3. The van der Waals surface area contributed by atoms with Gasteiger partial charge in [-0.1, -0.05) is 30.0 Å². The van der Waals surface area contributed by atoms with Gasteiger partial charge in [0.25, 0.3) is 0 Å². The summed E-state index contributed by atoms with van der Waals surface area (Å²) in [5, 5.41) is 38.5. The van der Waals surface area contributed by atoms with Crippen molar-refractivity contribution < 1.29 is 23.8 Å². The predicted molar refractivity (Wildman–Crippen MR) is 138 cm³/mol. The molecule has 0 saturated carbocycles. The van der Waals surface area contributed by atoms with Crippen LogP contribution < -0.4 is 10.5 Å². The molecule has 4 rings (SSSR count). The number of aromatic nitrogens is 2. The van der Waals surface area contributed by atoms with Gasteiger partial charge in [0.1, 0.15) is 58.6 Å². The summed E-state index contributed by atoms with van der Waals surface area (Å²) in [7, 11) is 0. The zero-order valence-corrected chi connectivity index (χ0v) is 21.0. The van der Waals surface area contributed by atoms with Gasteiger partial charge in [0.2, 0.25) is 5.89 Å². The van der Waals surface area contributed by atoms with Crippen LogP contribution >= 0.6 is 11.8 Å². The number of aliphatic hydroxyl groups is 2. The summed E-state index contributed by atoms with van der Waals surface area (Å²) in [6, 6.07) is 16.7. The van der Waals surface area contributed by atoms with Crippen molar-refractivity contribution in [3.63, 3.8) is 0 Å². The van der Waals surface area contributed by atoms with Crippen molar-refractivity contribution in [2.24, 2.45) is 0 Å². The number of pyridine rings is 1. The van der Waals surface area contributed by atoms with Crippen LogP contribution in [0.1, 0.15) is 22.6 Å². The van der Waals surface area contributed by atoms with E-state index in [1.54, 1.807) is 43.3 Å². The van der Waals surface area contributed by atoms with E-state index in [1.807, 2.05) is 6.07 Å². The van der Waals surface area contributed by atoms with E-state index in [0.717, 1.165) is 0 Å². The van der Waals surface area contributed by atoms with Crippen LogP contribution in [0.15, 0.2) is 58.0 Å². The maximum absolute atomic E-state index is 13.6. The van der Waals surface area contributed by atoms with Gasteiger partial charge in [0.05, 0.1) is 17.9 Å². The number of ether oxygens (including phenoxy) is 1. The van der Waals surface area contributed by atoms with Crippen LogP contribution in [-0.2, 0) is 5.75 Å².